The summed E-state index contributed by atoms with van der Waals surface area (Å²) in [7, 11) is 5.67. The monoisotopic (exact) mass is 288 g/mol. The molecule has 5 heteroatoms. The van der Waals surface area contributed by atoms with Gasteiger partial charge in [0.25, 0.3) is 0 Å². The number of methoxy groups -OCH3 is 1. The Kier molecular flexibility index (Phi) is 10.7. The van der Waals surface area contributed by atoms with Crippen LogP contribution in [0, 0.1) is 0 Å². The van der Waals surface area contributed by atoms with Crippen LogP contribution >= 0.6 is 0 Å². The van der Waals surface area contributed by atoms with Crippen LogP contribution in [0.5, 0.6) is 0 Å². The number of hydrogen-bond donors (Lipinski definition) is 1. The summed E-state index contributed by atoms with van der Waals surface area (Å²) in [6, 6.07) is 0. The molecule has 5 nitrogen and oxygen atoms in total. The van der Waals surface area contributed by atoms with Crippen molar-refractivity contribution in [1.82, 2.24) is 10.2 Å². The number of nitrogens with one attached hydrogen (secondary N) is 1. The lowest BCUT2D eigenvalue weighted by molar-refractivity contribution is -0.150. The second kappa shape index (κ2) is 11.1. The molecule has 20 heavy (non-hydrogen) atoms. The van der Waals surface area contributed by atoms with Crippen LogP contribution in [-0.4, -0.2) is 63.9 Å². The Hall–Kier alpha value is -0.650. The summed E-state index contributed by atoms with van der Waals surface area (Å²) in [6.45, 7) is 7.08. The molecule has 0 bridgehead atoms. The number of unbranched alkanes of at least 4 members (excludes halogenated alkanes) is 1. The number of hydrogen-bond acceptors (Lipinski definition) is 5. The number of carbonyl (C=O) groups is 1. The molecule has 120 valence electrons. The van der Waals surface area contributed by atoms with Crippen LogP contribution in [0.3, 0.4) is 0 Å². The van der Waals surface area contributed by atoms with Crippen LogP contribution in [0.25, 0.3) is 0 Å². The zero-order chi connectivity index (χ0) is 15.4. The molecule has 0 saturated carbocycles. The Morgan fingerprint density at radius 3 is 2.45 bits per heavy atom. The van der Waals surface area contributed by atoms with Gasteiger partial charge in [0.15, 0.2) is 0 Å². The Bertz CT molecular complexity index is 262. The Labute approximate surface area is 124 Å². The number of carbonyl (C=O) groups excluding carboxylic acids is 1. The second-order valence-corrected chi connectivity index (χ2v) is 5.41. The lowest BCUT2D eigenvalue weighted by Gasteiger charge is -2.27. The zero-order valence-electron chi connectivity index (χ0n) is 13.8. The standard InChI is InChI=1S/C15H32N2O3/c1-6-20-14(18)15(2,16-3)10-7-8-11-17(4)12-9-13-19-5/h16H,6-13H2,1-5H3. The largest absolute Gasteiger partial charge is 0.465 e. The van der Waals surface area contributed by atoms with Crippen LogP contribution in [0.2, 0.25) is 0 Å². The van der Waals surface area contributed by atoms with Gasteiger partial charge in [-0.15, -0.1) is 0 Å². The third-order valence-corrected chi connectivity index (χ3v) is 3.63. The van der Waals surface area contributed by atoms with Gasteiger partial charge in [0.1, 0.15) is 5.54 Å². The highest BCUT2D eigenvalue weighted by atomic mass is 16.5. The van der Waals surface area contributed by atoms with Crippen LogP contribution in [0.1, 0.15) is 39.5 Å². The molecule has 0 aliphatic heterocycles. The first-order valence-corrected chi connectivity index (χ1v) is 7.53. The Morgan fingerprint density at radius 1 is 1.25 bits per heavy atom. The van der Waals surface area contributed by atoms with E-state index in [9.17, 15) is 4.79 Å². The normalized spacial score (nSPS) is 14.3. The summed E-state index contributed by atoms with van der Waals surface area (Å²) in [4.78, 5) is 14.2. The van der Waals surface area contributed by atoms with E-state index in [4.69, 9.17) is 9.47 Å². The molecule has 0 aromatic rings. The van der Waals surface area contributed by atoms with E-state index in [2.05, 4.69) is 17.3 Å². The number of ether oxygens (including phenoxy) is 2. The first-order chi connectivity index (χ1) is 9.50. The summed E-state index contributed by atoms with van der Waals surface area (Å²) in [5, 5.41) is 3.09. The van der Waals surface area contributed by atoms with Crippen LogP contribution < -0.4 is 5.32 Å². The van der Waals surface area contributed by atoms with Gasteiger partial charge in [0.2, 0.25) is 0 Å². The molecule has 0 fully saturated rings. The molecule has 0 aromatic carbocycles. The third kappa shape index (κ3) is 7.82. The molecule has 0 heterocycles. The number of rotatable bonds is 12. The maximum absolute atomic E-state index is 11.9. The summed E-state index contributed by atoms with van der Waals surface area (Å²) < 4.78 is 10.2. The molecule has 1 unspecified atom stereocenters. The van der Waals surface area contributed by atoms with E-state index in [1.807, 2.05) is 20.9 Å². The number of esters is 1. The van der Waals surface area contributed by atoms with Crippen molar-refractivity contribution in [2.75, 3.05) is 47.5 Å². The van der Waals surface area contributed by atoms with Crippen molar-refractivity contribution in [1.29, 1.82) is 0 Å². The van der Waals surface area contributed by atoms with Crippen molar-refractivity contribution in [3.05, 3.63) is 0 Å². The molecular weight excluding hydrogens is 256 g/mol. The first kappa shape index (κ1) is 19.4. The molecule has 0 amide bonds. The average Bonchev–Trinajstić information content (AvgIpc) is 2.44. The molecule has 0 saturated heterocycles. The van der Waals surface area contributed by atoms with E-state index >= 15 is 0 Å². The highest BCUT2D eigenvalue weighted by Gasteiger charge is 2.32. The molecule has 0 spiro atoms. The van der Waals surface area contributed by atoms with E-state index < -0.39 is 5.54 Å². The number of likely N-dealkylation sites (N-methyl/N-ethyl adjacent to an activating group) is 1. The average molecular weight is 288 g/mol. The quantitative estimate of drug-likeness (QED) is 0.437. The molecule has 1 N–H and O–H groups in total. The van der Waals surface area contributed by atoms with Crippen molar-refractivity contribution in [3.63, 3.8) is 0 Å². The first-order valence-electron chi connectivity index (χ1n) is 7.53. The van der Waals surface area contributed by atoms with Crippen molar-refractivity contribution >= 4 is 5.97 Å². The molecule has 0 radical (unpaired) electrons. The molecule has 0 aliphatic rings. The summed E-state index contributed by atoms with van der Waals surface area (Å²) in [6.07, 6.45) is 3.95. The topological polar surface area (TPSA) is 50.8 Å². The summed E-state index contributed by atoms with van der Waals surface area (Å²) in [5.41, 5.74) is -0.565. The van der Waals surface area contributed by atoms with Gasteiger partial charge in [-0.3, -0.25) is 4.79 Å². The van der Waals surface area contributed by atoms with Gasteiger partial charge in [0.05, 0.1) is 6.61 Å². The molecular formula is C15H32N2O3. The van der Waals surface area contributed by atoms with Gasteiger partial charge in [-0.25, -0.2) is 0 Å². The van der Waals surface area contributed by atoms with Crippen molar-refractivity contribution in [3.8, 4) is 0 Å². The predicted octanol–water partition coefficient (Wildman–Crippen LogP) is 1.67. The zero-order valence-corrected chi connectivity index (χ0v) is 13.8. The maximum atomic E-state index is 11.9. The van der Waals surface area contributed by atoms with Gasteiger partial charge >= 0.3 is 5.97 Å². The van der Waals surface area contributed by atoms with Gasteiger partial charge in [-0.05, 0) is 60.2 Å². The maximum Gasteiger partial charge on any atom is 0.326 e. The van der Waals surface area contributed by atoms with Crippen molar-refractivity contribution in [2.24, 2.45) is 0 Å². The van der Waals surface area contributed by atoms with E-state index in [1.165, 1.54) is 0 Å². The summed E-state index contributed by atoms with van der Waals surface area (Å²) >= 11 is 0. The highest BCUT2D eigenvalue weighted by Crippen LogP contribution is 2.15. The molecule has 0 aliphatic carbocycles. The van der Waals surface area contributed by atoms with Crippen LogP contribution in [-0.2, 0) is 14.3 Å². The lowest BCUT2D eigenvalue weighted by atomic mass is 9.95. The Balaban J connectivity index is 3.87. The van der Waals surface area contributed by atoms with Crippen molar-refractivity contribution < 1.29 is 14.3 Å². The second-order valence-electron chi connectivity index (χ2n) is 5.41. The van der Waals surface area contributed by atoms with E-state index in [-0.39, 0.29) is 5.97 Å². The fourth-order valence-electron chi connectivity index (χ4n) is 2.07. The minimum atomic E-state index is -0.565. The van der Waals surface area contributed by atoms with Gasteiger partial charge < -0.3 is 19.7 Å². The van der Waals surface area contributed by atoms with Gasteiger partial charge in [-0.1, -0.05) is 0 Å². The highest BCUT2D eigenvalue weighted by molar-refractivity contribution is 5.80. The Morgan fingerprint density at radius 2 is 1.90 bits per heavy atom. The lowest BCUT2D eigenvalue weighted by Crippen LogP contribution is -2.48. The van der Waals surface area contributed by atoms with Gasteiger partial charge in [-0.2, -0.15) is 0 Å². The third-order valence-electron chi connectivity index (χ3n) is 3.63. The fraction of sp³-hybridized carbons (Fsp3) is 0.933. The smallest absolute Gasteiger partial charge is 0.326 e. The molecule has 0 aromatic heterocycles. The SMILES string of the molecule is CCOC(=O)C(C)(CCCCN(C)CCCOC)NC. The number of nitrogens with zero attached hydrogens (tertiary/aromatic N) is 1. The molecule has 0 rings (SSSR count). The van der Waals surface area contributed by atoms with Crippen molar-refractivity contribution in [2.45, 2.75) is 45.1 Å². The van der Waals surface area contributed by atoms with E-state index in [1.54, 1.807) is 7.11 Å². The van der Waals surface area contributed by atoms with E-state index in [0.717, 1.165) is 45.4 Å². The minimum absolute atomic E-state index is 0.157. The van der Waals surface area contributed by atoms with Crippen LogP contribution in [0.4, 0.5) is 0 Å². The minimum Gasteiger partial charge on any atom is -0.465 e. The van der Waals surface area contributed by atoms with Gasteiger partial charge in [0, 0.05) is 20.3 Å². The fourth-order valence-corrected chi connectivity index (χ4v) is 2.07. The molecule has 1 atom stereocenters. The summed E-state index contributed by atoms with van der Waals surface area (Å²) in [5.74, 6) is -0.157. The predicted molar refractivity (Wildman–Crippen MR) is 81.9 cm³/mol. The van der Waals surface area contributed by atoms with E-state index in [0.29, 0.717) is 6.61 Å². The van der Waals surface area contributed by atoms with Crippen LogP contribution in [0.15, 0.2) is 0 Å².